The molecule has 0 radical (unpaired) electrons. The highest BCUT2D eigenvalue weighted by atomic mass is 32.1. The largest absolute Gasteiger partial charge is 0.381 e. The Labute approximate surface area is 114 Å². The van der Waals surface area contributed by atoms with Gasteiger partial charge in [0.05, 0.1) is 11.2 Å². The highest BCUT2D eigenvalue weighted by molar-refractivity contribution is 7.09. The average molecular weight is 268 g/mol. The van der Waals surface area contributed by atoms with E-state index >= 15 is 0 Å². The van der Waals surface area contributed by atoms with Crippen molar-refractivity contribution in [2.45, 2.75) is 51.5 Å². The van der Waals surface area contributed by atoms with Gasteiger partial charge in [0.2, 0.25) is 0 Å². The van der Waals surface area contributed by atoms with Gasteiger partial charge in [-0.15, -0.1) is 11.3 Å². The summed E-state index contributed by atoms with van der Waals surface area (Å²) >= 11 is 1.80. The Morgan fingerprint density at radius 2 is 2.28 bits per heavy atom. The van der Waals surface area contributed by atoms with Gasteiger partial charge in [-0.25, -0.2) is 4.98 Å². The second-order valence-corrected chi connectivity index (χ2v) is 6.17. The van der Waals surface area contributed by atoms with Crippen molar-refractivity contribution in [1.29, 1.82) is 0 Å². The van der Waals surface area contributed by atoms with E-state index in [-0.39, 0.29) is 5.54 Å². The van der Waals surface area contributed by atoms with E-state index < -0.39 is 0 Å². The van der Waals surface area contributed by atoms with Crippen molar-refractivity contribution in [3.63, 3.8) is 0 Å². The maximum atomic E-state index is 5.61. The Hall–Kier alpha value is -0.450. The molecular formula is C14H24N2OS. The topological polar surface area (TPSA) is 34.2 Å². The Morgan fingerprint density at radius 3 is 2.94 bits per heavy atom. The molecule has 0 amide bonds. The summed E-state index contributed by atoms with van der Waals surface area (Å²) in [4.78, 5) is 4.87. The molecule has 18 heavy (non-hydrogen) atoms. The lowest BCUT2D eigenvalue weighted by Crippen LogP contribution is -2.42. The molecule has 1 atom stereocenters. The van der Waals surface area contributed by atoms with E-state index in [1.54, 1.807) is 11.3 Å². The zero-order valence-electron chi connectivity index (χ0n) is 11.7. The monoisotopic (exact) mass is 268 g/mol. The minimum Gasteiger partial charge on any atom is -0.381 e. The van der Waals surface area contributed by atoms with Gasteiger partial charge < -0.3 is 10.1 Å². The van der Waals surface area contributed by atoms with Crippen LogP contribution in [0.25, 0.3) is 0 Å². The van der Waals surface area contributed by atoms with Gasteiger partial charge in [0.25, 0.3) is 0 Å². The van der Waals surface area contributed by atoms with Crippen molar-refractivity contribution in [1.82, 2.24) is 10.3 Å². The molecule has 0 saturated carbocycles. The SMILES string of the molecule is CCNC1(c2nc(C(C)C)cs2)CCCOCC1. The molecule has 1 unspecified atom stereocenters. The van der Waals surface area contributed by atoms with E-state index in [1.807, 2.05) is 0 Å². The fourth-order valence-corrected chi connectivity index (χ4v) is 3.74. The second-order valence-electron chi connectivity index (χ2n) is 5.31. The summed E-state index contributed by atoms with van der Waals surface area (Å²) in [6.07, 6.45) is 3.28. The number of hydrogen-bond donors (Lipinski definition) is 1. The molecule has 1 N–H and O–H groups in total. The number of hydrogen-bond acceptors (Lipinski definition) is 4. The van der Waals surface area contributed by atoms with Gasteiger partial charge in [0.15, 0.2) is 0 Å². The van der Waals surface area contributed by atoms with Crippen LogP contribution >= 0.6 is 11.3 Å². The van der Waals surface area contributed by atoms with Crippen LogP contribution in [-0.2, 0) is 10.3 Å². The van der Waals surface area contributed by atoms with Gasteiger partial charge in [-0.1, -0.05) is 20.8 Å². The van der Waals surface area contributed by atoms with Crippen molar-refractivity contribution in [2.24, 2.45) is 0 Å². The minimum absolute atomic E-state index is 0.0447. The normalized spacial score (nSPS) is 25.3. The zero-order valence-corrected chi connectivity index (χ0v) is 12.5. The van der Waals surface area contributed by atoms with Crippen LogP contribution in [0.2, 0.25) is 0 Å². The Kier molecular flexibility index (Phi) is 4.76. The molecule has 1 aromatic rings. The van der Waals surface area contributed by atoms with Gasteiger partial charge in [0, 0.05) is 18.6 Å². The smallest absolute Gasteiger partial charge is 0.113 e. The molecule has 2 rings (SSSR count). The Balaban J connectivity index is 2.26. The Morgan fingerprint density at radius 1 is 1.44 bits per heavy atom. The molecule has 3 nitrogen and oxygen atoms in total. The minimum atomic E-state index is 0.0447. The second kappa shape index (κ2) is 6.13. The molecule has 4 heteroatoms. The van der Waals surface area contributed by atoms with E-state index in [9.17, 15) is 0 Å². The zero-order chi connectivity index (χ0) is 13.0. The molecule has 1 aliphatic rings. The lowest BCUT2D eigenvalue weighted by Gasteiger charge is -2.31. The van der Waals surface area contributed by atoms with Crippen molar-refractivity contribution >= 4 is 11.3 Å². The van der Waals surface area contributed by atoms with Crippen molar-refractivity contribution in [2.75, 3.05) is 19.8 Å². The van der Waals surface area contributed by atoms with Crippen molar-refractivity contribution in [3.05, 3.63) is 16.1 Å². The van der Waals surface area contributed by atoms with Gasteiger partial charge in [0.1, 0.15) is 5.01 Å². The van der Waals surface area contributed by atoms with Crippen LogP contribution in [0.1, 0.15) is 56.7 Å². The van der Waals surface area contributed by atoms with Gasteiger partial charge in [-0.2, -0.15) is 0 Å². The summed E-state index contributed by atoms with van der Waals surface area (Å²) in [5.74, 6) is 0.510. The molecule has 1 aromatic heterocycles. The van der Waals surface area contributed by atoms with Crippen LogP contribution in [0.3, 0.4) is 0 Å². The molecule has 102 valence electrons. The third-order valence-electron chi connectivity index (χ3n) is 3.60. The maximum absolute atomic E-state index is 5.61. The molecule has 0 bridgehead atoms. The predicted octanol–water partition coefficient (Wildman–Crippen LogP) is 3.27. The lowest BCUT2D eigenvalue weighted by molar-refractivity contribution is 0.136. The summed E-state index contributed by atoms with van der Waals surface area (Å²) in [6, 6.07) is 0. The fourth-order valence-electron chi connectivity index (χ4n) is 2.53. The highest BCUT2D eigenvalue weighted by Gasteiger charge is 2.35. The molecule has 1 aliphatic heterocycles. The first-order valence-electron chi connectivity index (χ1n) is 6.96. The van der Waals surface area contributed by atoms with E-state index in [0.29, 0.717) is 5.92 Å². The average Bonchev–Trinajstić information content (AvgIpc) is 2.73. The third-order valence-corrected chi connectivity index (χ3v) is 4.67. The summed E-state index contributed by atoms with van der Waals surface area (Å²) < 4.78 is 5.61. The van der Waals surface area contributed by atoms with Crippen LogP contribution in [0.15, 0.2) is 5.38 Å². The molecule has 1 fully saturated rings. The number of rotatable bonds is 4. The van der Waals surface area contributed by atoms with E-state index in [0.717, 1.165) is 39.0 Å². The van der Waals surface area contributed by atoms with Gasteiger partial charge in [-0.3, -0.25) is 0 Å². The lowest BCUT2D eigenvalue weighted by atomic mass is 9.91. The standard InChI is InChI=1S/C14H24N2OS/c1-4-15-14(6-5-8-17-9-7-14)13-16-12(10-18-13)11(2)3/h10-11,15H,4-9H2,1-3H3. The molecule has 2 heterocycles. The van der Waals surface area contributed by atoms with Crippen molar-refractivity contribution < 1.29 is 4.74 Å². The van der Waals surface area contributed by atoms with E-state index in [4.69, 9.17) is 9.72 Å². The first-order chi connectivity index (χ1) is 8.68. The van der Waals surface area contributed by atoms with Gasteiger partial charge >= 0.3 is 0 Å². The maximum Gasteiger partial charge on any atom is 0.113 e. The first-order valence-corrected chi connectivity index (χ1v) is 7.84. The van der Waals surface area contributed by atoms with Crippen LogP contribution in [0.5, 0.6) is 0 Å². The summed E-state index contributed by atoms with van der Waals surface area (Å²) in [5.41, 5.74) is 1.26. The first kappa shape index (κ1) is 14.0. The fraction of sp³-hybridized carbons (Fsp3) is 0.786. The summed E-state index contributed by atoms with van der Waals surface area (Å²) in [6.45, 7) is 9.28. The van der Waals surface area contributed by atoms with Crippen LogP contribution in [-0.4, -0.2) is 24.7 Å². The molecular weight excluding hydrogens is 244 g/mol. The number of nitrogens with one attached hydrogen (secondary N) is 1. The number of thiazole rings is 1. The van der Waals surface area contributed by atoms with Gasteiger partial charge in [-0.05, 0) is 31.7 Å². The van der Waals surface area contributed by atoms with Crippen LogP contribution < -0.4 is 5.32 Å². The third kappa shape index (κ3) is 2.92. The van der Waals surface area contributed by atoms with Crippen LogP contribution in [0.4, 0.5) is 0 Å². The van der Waals surface area contributed by atoms with Crippen LogP contribution in [0, 0.1) is 0 Å². The molecule has 1 saturated heterocycles. The molecule has 0 aromatic carbocycles. The van der Waals surface area contributed by atoms with E-state index in [1.165, 1.54) is 10.7 Å². The molecule has 0 aliphatic carbocycles. The van der Waals surface area contributed by atoms with Crippen molar-refractivity contribution in [3.8, 4) is 0 Å². The quantitative estimate of drug-likeness (QED) is 0.910. The summed E-state index contributed by atoms with van der Waals surface area (Å²) in [7, 11) is 0. The number of nitrogens with zero attached hydrogens (tertiary/aromatic N) is 1. The molecule has 0 spiro atoms. The predicted molar refractivity (Wildman–Crippen MR) is 76.2 cm³/mol. The number of ether oxygens (including phenoxy) is 1. The highest BCUT2D eigenvalue weighted by Crippen LogP contribution is 2.35. The summed E-state index contributed by atoms with van der Waals surface area (Å²) in [5, 5.41) is 7.14. The Bertz CT molecular complexity index is 368. The van der Waals surface area contributed by atoms with E-state index in [2.05, 4.69) is 31.5 Å². The number of aromatic nitrogens is 1.